The van der Waals surface area contributed by atoms with Crippen LogP contribution >= 0.6 is 0 Å². The van der Waals surface area contributed by atoms with E-state index in [1.54, 1.807) is 24.3 Å². The summed E-state index contributed by atoms with van der Waals surface area (Å²) in [4.78, 5) is 24.0. The molecule has 0 saturated heterocycles. The maximum Gasteiger partial charge on any atom is 0.275 e. The highest BCUT2D eigenvalue weighted by Gasteiger charge is 2.33. The Morgan fingerprint density at radius 3 is 2.62 bits per heavy atom. The molecule has 2 aromatic carbocycles. The first kappa shape index (κ1) is 13.1. The van der Waals surface area contributed by atoms with Crippen molar-refractivity contribution in [2.24, 2.45) is 0 Å². The molecule has 1 unspecified atom stereocenters. The third kappa shape index (κ3) is 2.69. The topological polar surface area (TPSA) is 67.4 Å². The summed E-state index contributed by atoms with van der Waals surface area (Å²) in [5.41, 5.74) is 0.907. The molecule has 3 rings (SSSR count). The van der Waals surface area contributed by atoms with Gasteiger partial charge in [-0.3, -0.25) is 9.59 Å². The zero-order valence-corrected chi connectivity index (χ0v) is 10.8. The van der Waals surface area contributed by atoms with Crippen molar-refractivity contribution in [3.05, 3.63) is 54.3 Å². The van der Waals surface area contributed by atoms with Gasteiger partial charge in [-0.1, -0.05) is 12.1 Å². The molecule has 1 atom stereocenters. The molecule has 2 aromatic rings. The van der Waals surface area contributed by atoms with Gasteiger partial charge in [0.25, 0.3) is 17.9 Å². The molecular formula is C15H11FN2O3. The molecule has 1 heterocycles. The van der Waals surface area contributed by atoms with E-state index in [1.807, 2.05) is 0 Å². The van der Waals surface area contributed by atoms with Gasteiger partial charge in [0.15, 0.2) is 0 Å². The first-order valence-corrected chi connectivity index (χ1v) is 6.26. The Labute approximate surface area is 119 Å². The van der Waals surface area contributed by atoms with Crippen LogP contribution in [-0.4, -0.2) is 17.9 Å². The predicted octanol–water partition coefficient (Wildman–Crippen LogP) is 2.16. The lowest BCUT2D eigenvalue weighted by atomic mass is 10.2. The van der Waals surface area contributed by atoms with Crippen LogP contribution < -0.4 is 15.4 Å². The summed E-state index contributed by atoms with van der Waals surface area (Å²) in [5, 5.41) is 5.11. The molecule has 21 heavy (non-hydrogen) atoms. The Morgan fingerprint density at radius 1 is 1.14 bits per heavy atom. The van der Waals surface area contributed by atoms with Gasteiger partial charge < -0.3 is 15.4 Å². The zero-order valence-electron chi connectivity index (χ0n) is 10.8. The maximum absolute atomic E-state index is 12.8. The van der Waals surface area contributed by atoms with Crippen molar-refractivity contribution in [2.45, 2.75) is 6.10 Å². The van der Waals surface area contributed by atoms with Gasteiger partial charge in [-0.15, -0.1) is 0 Å². The van der Waals surface area contributed by atoms with Gasteiger partial charge in [0.1, 0.15) is 11.6 Å². The SMILES string of the molecule is O=C(Nc1ccc(F)cc1)C1Oc2ccccc2NC1=O. The summed E-state index contributed by atoms with van der Waals surface area (Å²) in [7, 11) is 0. The minimum atomic E-state index is -1.29. The van der Waals surface area contributed by atoms with Crippen molar-refractivity contribution in [3.8, 4) is 5.75 Å². The Bertz CT molecular complexity index is 700. The molecule has 0 radical (unpaired) electrons. The average molecular weight is 286 g/mol. The summed E-state index contributed by atoms with van der Waals surface area (Å²) >= 11 is 0. The molecule has 2 N–H and O–H groups in total. The summed E-state index contributed by atoms with van der Waals surface area (Å²) in [5.74, 6) is -1.15. The number of carbonyl (C=O) groups is 2. The lowest BCUT2D eigenvalue weighted by molar-refractivity contribution is -0.133. The average Bonchev–Trinajstić information content (AvgIpc) is 2.49. The molecule has 6 heteroatoms. The van der Waals surface area contributed by atoms with Crippen LogP contribution in [0, 0.1) is 5.82 Å². The normalized spacial score (nSPS) is 16.4. The van der Waals surface area contributed by atoms with Crippen molar-refractivity contribution in [1.29, 1.82) is 0 Å². The molecule has 0 aliphatic carbocycles. The Kier molecular flexibility index (Phi) is 3.27. The lowest BCUT2D eigenvalue weighted by Gasteiger charge is -2.24. The van der Waals surface area contributed by atoms with Crippen LogP contribution in [0.1, 0.15) is 0 Å². The number of halogens is 1. The number of hydrogen-bond donors (Lipinski definition) is 2. The van der Waals surface area contributed by atoms with Gasteiger partial charge in [0.05, 0.1) is 5.69 Å². The maximum atomic E-state index is 12.8. The Morgan fingerprint density at radius 2 is 1.86 bits per heavy atom. The molecule has 0 fully saturated rings. The van der Waals surface area contributed by atoms with Gasteiger partial charge >= 0.3 is 0 Å². The van der Waals surface area contributed by atoms with Crippen molar-refractivity contribution in [3.63, 3.8) is 0 Å². The summed E-state index contributed by atoms with van der Waals surface area (Å²) in [6.07, 6.45) is -1.29. The van der Waals surface area contributed by atoms with E-state index < -0.39 is 23.7 Å². The Hall–Kier alpha value is -2.89. The van der Waals surface area contributed by atoms with Gasteiger partial charge in [-0.05, 0) is 36.4 Å². The van der Waals surface area contributed by atoms with Crippen LogP contribution in [-0.2, 0) is 9.59 Å². The molecule has 1 aliphatic rings. The van der Waals surface area contributed by atoms with Crippen LogP contribution in [0.15, 0.2) is 48.5 Å². The second kappa shape index (κ2) is 5.24. The predicted molar refractivity (Wildman–Crippen MR) is 74.5 cm³/mol. The fraction of sp³-hybridized carbons (Fsp3) is 0.0667. The van der Waals surface area contributed by atoms with Crippen molar-refractivity contribution >= 4 is 23.2 Å². The van der Waals surface area contributed by atoms with Gasteiger partial charge in [-0.25, -0.2) is 4.39 Å². The smallest absolute Gasteiger partial charge is 0.275 e. The molecule has 0 saturated carbocycles. The van der Waals surface area contributed by atoms with E-state index in [0.29, 0.717) is 17.1 Å². The van der Waals surface area contributed by atoms with Gasteiger partial charge in [-0.2, -0.15) is 0 Å². The van der Waals surface area contributed by atoms with Crippen LogP contribution in [0.2, 0.25) is 0 Å². The highest BCUT2D eigenvalue weighted by molar-refractivity contribution is 6.15. The van der Waals surface area contributed by atoms with E-state index in [9.17, 15) is 14.0 Å². The van der Waals surface area contributed by atoms with Crippen LogP contribution in [0.25, 0.3) is 0 Å². The van der Waals surface area contributed by atoms with Crippen LogP contribution in [0.5, 0.6) is 5.75 Å². The quantitative estimate of drug-likeness (QED) is 0.831. The van der Waals surface area contributed by atoms with E-state index in [1.165, 1.54) is 24.3 Å². The number of rotatable bonds is 2. The molecule has 0 aromatic heterocycles. The van der Waals surface area contributed by atoms with E-state index in [0.717, 1.165) is 0 Å². The number of carbonyl (C=O) groups excluding carboxylic acids is 2. The van der Waals surface area contributed by atoms with Gasteiger partial charge in [0, 0.05) is 5.69 Å². The number of ether oxygens (including phenoxy) is 1. The summed E-state index contributed by atoms with van der Waals surface area (Å²) < 4.78 is 18.2. The number of amides is 2. The molecule has 2 amide bonds. The minimum Gasteiger partial charge on any atom is -0.468 e. The number of para-hydroxylation sites is 2. The zero-order chi connectivity index (χ0) is 14.8. The van der Waals surface area contributed by atoms with Crippen LogP contribution in [0.3, 0.4) is 0 Å². The summed E-state index contributed by atoms with van der Waals surface area (Å²) in [6.45, 7) is 0. The van der Waals surface area contributed by atoms with Crippen LogP contribution in [0.4, 0.5) is 15.8 Å². The third-order valence-corrected chi connectivity index (χ3v) is 2.98. The number of hydrogen-bond acceptors (Lipinski definition) is 3. The largest absolute Gasteiger partial charge is 0.468 e. The monoisotopic (exact) mass is 286 g/mol. The lowest BCUT2D eigenvalue weighted by Crippen LogP contribution is -2.45. The third-order valence-electron chi connectivity index (χ3n) is 2.98. The number of nitrogens with one attached hydrogen (secondary N) is 2. The first-order valence-electron chi connectivity index (χ1n) is 6.26. The van der Waals surface area contributed by atoms with Crippen molar-refractivity contribution in [1.82, 2.24) is 0 Å². The van der Waals surface area contributed by atoms with E-state index in [-0.39, 0.29) is 0 Å². The molecule has 0 spiro atoms. The number of fused-ring (bicyclic) bond motifs is 1. The standard InChI is InChI=1S/C15H11FN2O3/c16-9-5-7-10(8-6-9)17-14(19)13-15(20)18-11-3-1-2-4-12(11)21-13/h1-8,13H,(H,17,19)(H,18,20). The fourth-order valence-corrected chi connectivity index (χ4v) is 1.97. The van der Waals surface area contributed by atoms with E-state index in [4.69, 9.17) is 4.74 Å². The number of benzene rings is 2. The van der Waals surface area contributed by atoms with Gasteiger partial charge in [0.2, 0.25) is 0 Å². The highest BCUT2D eigenvalue weighted by Crippen LogP contribution is 2.29. The van der Waals surface area contributed by atoms with E-state index >= 15 is 0 Å². The molecule has 1 aliphatic heterocycles. The second-order valence-electron chi connectivity index (χ2n) is 4.48. The fourth-order valence-electron chi connectivity index (χ4n) is 1.97. The highest BCUT2D eigenvalue weighted by atomic mass is 19.1. The van der Waals surface area contributed by atoms with Crippen molar-refractivity contribution < 1.29 is 18.7 Å². The molecule has 0 bridgehead atoms. The summed E-state index contributed by atoms with van der Waals surface area (Å²) in [6, 6.07) is 12.1. The molecule has 106 valence electrons. The molecule has 5 nitrogen and oxygen atoms in total. The molecular weight excluding hydrogens is 275 g/mol. The minimum absolute atomic E-state index is 0.386. The second-order valence-corrected chi connectivity index (χ2v) is 4.48. The number of anilines is 2. The van der Waals surface area contributed by atoms with E-state index in [2.05, 4.69) is 10.6 Å². The Balaban J connectivity index is 1.76. The van der Waals surface area contributed by atoms with Crippen molar-refractivity contribution in [2.75, 3.05) is 10.6 Å². The first-order chi connectivity index (χ1) is 10.1.